The van der Waals surface area contributed by atoms with E-state index in [1.165, 1.54) is 0 Å². The van der Waals surface area contributed by atoms with E-state index in [4.69, 9.17) is 0 Å². The molecule has 0 aromatic rings. The number of hydrogen-bond donors (Lipinski definition) is 2. The average molecular weight is 268 g/mol. The van der Waals surface area contributed by atoms with Crippen LogP contribution in [-0.2, 0) is 4.79 Å². The highest BCUT2D eigenvalue weighted by molar-refractivity contribution is 5.83. The van der Waals surface area contributed by atoms with E-state index in [1.807, 2.05) is 4.90 Å². The van der Waals surface area contributed by atoms with Crippen LogP contribution in [0.5, 0.6) is 0 Å². The normalized spacial score (nSPS) is 24.7. The Morgan fingerprint density at radius 1 is 1.37 bits per heavy atom. The Kier molecular flexibility index (Phi) is 4.85. The summed E-state index contributed by atoms with van der Waals surface area (Å²) in [5.41, 5.74) is 0.294. The molecule has 1 aliphatic heterocycles. The molecule has 1 unspecified atom stereocenters. The van der Waals surface area contributed by atoms with Crippen molar-refractivity contribution in [2.75, 3.05) is 26.2 Å². The zero-order valence-corrected chi connectivity index (χ0v) is 12.3. The molecule has 2 N–H and O–H groups in total. The van der Waals surface area contributed by atoms with Crippen LogP contribution in [0.4, 0.5) is 0 Å². The monoisotopic (exact) mass is 268 g/mol. The minimum absolute atomic E-state index is 0.0729. The summed E-state index contributed by atoms with van der Waals surface area (Å²) in [5.74, 6) is 0.520. The van der Waals surface area contributed by atoms with E-state index in [-0.39, 0.29) is 12.5 Å². The maximum atomic E-state index is 12.7. The van der Waals surface area contributed by atoms with E-state index < -0.39 is 0 Å². The molecule has 0 aromatic carbocycles. The Morgan fingerprint density at radius 3 is 2.53 bits per heavy atom. The third-order valence-electron chi connectivity index (χ3n) is 5.09. The Hall–Kier alpha value is -0.610. The van der Waals surface area contributed by atoms with E-state index in [0.717, 1.165) is 45.2 Å². The summed E-state index contributed by atoms with van der Waals surface area (Å²) >= 11 is 0. The zero-order chi connectivity index (χ0) is 13.9. The molecular formula is C15H28N2O2. The minimum atomic E-state index is 0.0729. The van der Waals surface area contributed by atoms with Gasteiger partial charge in [0, 0.05) is 18.5 Å². The fourth-order valence-electron chi connectivity index (χ4n) is 3.68. The molecule has 19 heavy (non-hydrogen) atoms. The van der Waals surface area contributed by atoms with Crippen LogP contribution in [-0.4, -0.2) is 48.2 Å². The van der Waals surface area contributed by atoms with Crippen LogP contribution in [0.2, 0.25) is 0 Å². The molecule has 2 aliphatic rings. The minimum Gasteiger partial charge on any atom is -0.395 e. The van der Waals surface area contributed by atoms with Crippen LogP contribution in [0.1, 0.15) is 46.0 Å². The zero-order valence-electron chi connectivity index (χ0n) is 12.3. The molecule has 1 atom stereocenters. The first-order valence-electron chi connectivity index (χ1n) is 7.80. The average Bonchev–Trinajstić information content (AvgIpc) is 3.12. The molecule has 0 aromatic heterocycles. The second-order valence-electron chi connectivity index (χ2n) is 6.09. The molecule has 1 aliphatic carbocycles. The smallest absolute Gasteiger partial charge is 0.226 e. The largest absolute Gasteiger partial charge is 0.395 e. The van der Waals surface area contributed by atoms with Gasteiger partial charge in [0.1, 0.15) is 0 Å². The number of nitrogens with one attached hydrogen (secondary N) is 1. The fourth-order valence-corrected chi connectivity index (χ4v) is 3.68. The molecule has 110 valence electrons. The maximum Gasteiger partial charge on any atom is 0.226 e. The molecule has 2 fully saturated rings. The summed E-state index contributed by atoms with van der Waals surface area (Å²) in [7, 11) is 0. The Labute approximate surface area is 116 Å². The number of piperidine rings is 1. The molecule has 1 amide bonds. The summed E-state index contributed by atoms with van der Waals surface area (Å²) < 4.78 is 0. The summed E-state index contributed by atoms with van der Waals surface area (Å²) in [6.45, 7) is 6.92. The number of hydrogen-bond acceptors (Lipinski definition) is 3. The number of aliphatic hydroxyl groups excluding tert-OH is 1. The first-order valence-corrected chi connectivity index (χ1v) is 7.80. The summed E-state index contributed by atoms with van der Waals surface area (Å²) in [6, 6.07) is 0.291. The molecule has 2 rings (SSSR count). The van der Waals surface area contributed by atoms with Crippen LogP contribution < -0.4 is 5.32 Å². The van der Waals surface area contributed by atoms with E-state index in [1.54, 1.807) is 0 Å². The number of rotatable bonds is 6. The van der Waals surface area contributed by atoms with Crippen LogP contribution in [0.15, 0.2) is 0 Å². The third kappa shape index (κ3) is 2.95. The van der Waals surface area contributed by atoms with Crippen molar-refractivity contribution in [3.63, 3.8) is 0 Å². The second-order valence-corrected chi connectivity index (χ2v) is 6.09. The number of aliphatic hydroxyl groups is 1. The molecule has 1 saturated heterocycles. The molecule has 0 bridgehead atoms. The van der Waals surface area contributed by atoms with Gasteiger partial charge in [0.25, 0.3) is 0 Å². The van der Waals surface area contributed by atoms with Gasteiger partial charge in [0.05, 0.1) is 6.61 Å². The second kappa shape index (κ2) is 6.23. The standard InChI is InChI=1S/C15H28N2O2/c1-3-12(4-2)17(9-10-18)14(19)13-11-15(13)5-7-16-8-6-15/h12-13,16,18H,3-11H2,1-2H3. The molecule has 4 nitrogen and oxygen atoms in total. The van der Waals surface area contributed by atoms with Crippen LogP contribution in [0.3, 0.4) is 0 Å². The van der Waals surface area contributed by atoms with Gasteiger partial charge in [-0.05, 0) is 50.6 Å². The van der Waals surface area contributed by atoms with Crippen molar-refractivity contribution in [2.24, 2.45) is 11.3 Å². The predicted molar refractivity (Wildman–Crippen MR) is 75.8 cm³/mol. The van der Waals surface area contributed by atoms with Crippen LogP contribution in [0, 0.1) is 11.3 Å². The van der Waals surface area contributed by atoms with Gasteiger partial charge < -0.3 is 15.3 Å². The van der Waals surface area contributed by atoms with Crippen LogP contribution in [0.25, 0.3) is 0 Å². The van der Waals surface area contributed by atoms with Gasteiger partial charge in [-0.1, -0.05) is 13.8 Å². The van der Waals surface area contributed by atoms with Crippen molar-refractivity contribution in [1.82, 2.24) is 10.2 Å². The molecular weight excluding hydrogens is 240 g/mol. The Morgan fingerprint density at radius 2 is 2.00 bits per heavy atom. The van der Waals surface area contributed by atoms with Crippen molar-refractivity contribution in [1.29, 1.82) is 0 Å². The van der Waals surface area contributed by atoms with Crippen LogP contribution >= 0.6 is 0 Å². The number of carbonyl (C=O) groups is 1. The highest BCUT2D eigenvalue weighted by atomic mass is 16.3. The lowest BCUT2D eigenvalue weighted by Gasteiger charge is -2.32. The van der Waals surface area contributed by atoms with Gasteiger partial charge >= 0.3 is 0 Å². The first-order chi connectivity index (χ1) is 9.18. The lowest BCUT2D eigenvalue weighted by molar-refractivity contribution is -0.136. The summed E-state index contributed by atoms with van der Waals surface area (Å²) in [5, 5.41) is 12.6. The van der Waals surface area contributed by atoms with Crippen molar-refractivity contribution < 1.29 is 9.90 Å². The quantitative estimate of drug-likeness (QED) is 0.765. The molecule has 1 heterocycles. The lowest BCUT2D eigenvalue weighted by Crippen LogP contribution is -2.44. The van der Waals surface area contributed by atoms with Crippen molar-refractivity contribution >= 4 is 5.91 Å². The summed E-state index contributed by atoms with van der Waals surface area (Å²) in [4.78, 5) is 14.7. The van der Waals surface area contributed by atoms with Crippen molar-refractivity contribution in [3.8, 4) is 0 Å². The number of nitrogens with zero attached hydrogens (tertiary/aromatic N) is 1. The Balaban J connectivity index is 2.00. The number of carbonyl (C=O) groups excluding carboxylic acids is 1. The van der Waals surface area contributed by atoms with Gasteiger partial charge in [-0.3, -0.25) is 4.79 Å². The van der Waals surface area contributed by atoms with E-state index >= 15 is 0 Å². The SMILES string of the molecule is CCC(CC)N(CCO)C(=O)C1CC12CCNCC2. The van der Waals surface area contributed by atoms with Gasteiger partial charge in [0.2, 0.25) is 5.91 Å². The molecule has 1 saturated carbocycles. The van der Waals surface area contributed by atoms with E-state index in [0.29, 0.717) is 23.9 Å². The van der Waals surface area contributed by atoms with Gasteiger partial charge in [-0.2, -0.15) is 0 Å². The van der Waals surface area contributed by atoms with E-state index in [2.05, 4.69) is 19.2 Å². The topological polar surface area (TPSA) is 52.6 Å². The van der Waals surface area contributed by atoms with Crippen molar-refractivity contribution in [3.05, 3.63) is 0 Å². The van der Waals surface area contributed by atoms with Gasteiger partial charge in [-0.15, -0.1) is 0 Å². The maximum absolute atomic E-state index is 12.7. The van der Waals surface area contributed by atoms with Gasteiger partial charge in [0.15, 0.2) is 0 Å². The molecule has 0 radical (unpaired) electrons. The first kappa shape index (κ1) is 14.8. The van der Waals surface area contributed by atoms with Gasteiger partial charge in [-0.25, -0.2) is 0 Å². The fraction of sp³-hybridized carbons (Fsp3) is 0.933. The van der Waals surface area contributed by atoms with E-state index in [9.17, 15) is 9.90 Å². The highest BCUT2D eigenvalue weighted by Gasteiger charge is 2.58. The predicted octanol–water partition coefficient (Wildman–Crippen LogP) is 1.39. The molecule has 1 spiro atoms. The molecule has 4 heteroatoms. The lowest BCUT2D eigenvalue weighted by atomic mass is 9.91. The summed E-state index contributed by atoms with van der Waals surface area (Å²) in [6.07, 6.45) is 5.29. The third-order valence-corrected chi connectivity index (χ3v) is 5.09. The Bertz CT molecular complexity index is 309. The van der Waals surface area contributed by atoms with Crippen molar-refractivity contribution in [2.45, 2.75) is 52.0 Å². The highest BCUT2D eigenvalue weighted by Crippen LogP contribution is 2.59. The number of amides is 1.